The number of rotatable bonds is 7. The molecule has 0 radical (unpaired) electrons. The van der Waals surface area contributed by atoms with E-state index >= 15 is 0 Å². The molecule has 0 bridgehead atoms. The van der Waals surface area contributed by atoms with Crippen LogP contribution in [0.5, 0.6) is 5.75 Å². The van der Waals surface area contributed by atoms with Gasteiger partial charge in [-0.2, -0.15) is 0 Å². The van der Waals surface area contributed by atoms with Crippen LogP contribution in [0.3, 0.4) is 0 Å². The van der Waals surface area contributed by atoms with Crippen molar-refractivity contribution in [1.29, 1.82) is 0 Å². The van der Waals surface area contributed by atoms with E-state index in [0.29, 0.717) is 19.7 Å². The van der Waals surface area contributed by atoms with Crippen LogP contribution in [0.25, 0.3) is 0 Å². The number of nitrogens with one attached hydrogen (secondary N) is 1. The third kappa shape index (κ3) is 4.51. The first-order valence-electron chi connectivity index (χ1n) is 6.39. The Labute approximate surface area is 116 Å². The van der Waals surface area contributed by atoms with E-state index in [0.717, 1.165) is 11.3 Å². The molecular formula is C14H23NO3S. The minimum atomic E-state index is -3.07. The molecule has 0 fully saturated rings. The van der Waals surface area contributed by atoms with Gasteiger partial charge in [0, 0.05) is 24.9 Å². The topological polar surface area (TPSA) is 55.4 Å². The van der Waals surface area contributed by atoms with Crippen molar-refractivity contribution in [1.82, 2.24) is 5.32 Å². The van der Waals surface area contributed by atoms with Crippen LogP contribution < -0.4 is 10.1 Å². The average molecular weight is 285 g/mol. The SMILES string of the molecule is CCOc1ccccc1CNCC(C)(C)S(C)(=O)=O. The summed E-state index contributed by atoms with van der Waals surface area (Å²) >= 11 is 0. The fourth-order valence-corrected chi connectivity index (χ4v) is 1.94. The van der Waals surface area contributed by atoms with Gasteiger partial charge in [-0.1, -0.05) is 18.2 Å². The first-order chi connectivity index (χ1) is 8.78. The predicted octanol–water partition coefficient (Wildman–Crippen LogP) is 2.00. The molecule has 0 spiro atoms. The molecule has 0 atom stereocenters. The lowest BCUT2D eigenvalue weighted by Gasteiger charge is -2.23. The number of sulfone groups is 1. The molecule has 0 aliphatic carbocycles. The zero-order valence-electron chi connectivity index (χ0n) is 12.1. The Morgan fingerprint density at radius 2 is 1.89 bits per heavy atom. The molecule has 0 aliphatic rings. The Bertz CT molecular complexity index is 509. The highest BCUT2D eigenvalue weighted by molar-refractivity contribution is 7.92. The zero-order valence-corrected chi connectivity index (χ0v) is 12.9. The summed E-state index contributed by atoms with van der Waals surface area (Å²) in [4.78, 5) is 0. The predicted molar refractivity (Wildman–Crippen MR) is 78.2 cm³/mol. The van der Waals surface area contributed by atoms with Crippen molar-refractivity contribution in [2.45, 2.75) is 32.1 Å². The fourth-order valence-electron chi connectivity index (χ4n) is 1.58. The Balaban J connectivity index is 2.64. The summed E-state index contributed by atoms with van der Waals surface area (Å²) in [5.41, 5.74) is 1.04. The summed E-state index contributed by atoms with van der Waals surface area (Å²) in [7, 11) is -3.07. The average Bonchev–Trinajstić information content (AvgIpc) is 2.30. The number of para-hydroxylation sites is 1. The summed E-state index contributed by atoms with van der Waals surface area (Å²) in [5, 5.41) is 3.19. The van der Waals surface area contributed by atoms with Gasteiger partial charge in [-0.15, -0.1) is 0 Å². The zero-order chi connectivity index (χ0) is 14.5. The van der Waals surface area contributed by atoms with Gasteiger partial charge in [-0.25, -0.2) is 8.42 Å². The molecule has 0 aromatic heterocycles. The van der Waals surface area contributed by atoms with Gasteiger partial charge >= 0.3 is 0 Å². The lowest BCUT2D eigenvalue weighted by molar-refractivity contribution is 0.335. The van der Waals surface area contributed by atoms with Crippen molar-refractivity contribution in [3.63, 3.8) is 0 Å². The lowest BCUT2D eigenvalue weighted by atomic mass is 10.1. The van der Waals surface area contributed by atoms with E-state index < -0.39 is 14.6 Å². The molecule has 1 aromatic rings. The van der Waals surface area contributed by atoms with Gasteiger partial charge in [0.25, 0.3) is 0 Å². The molecule has 0 unspecified atom stereocenters. The summed E-state index contributed by atoms with van der Waals surface area (Å²) in [6.45, 7) is 7.01. The quantitative estimate of drug-likeness (QED) is 0.832. The maximum atomic E-state index is 11.6. The van der Waals surface area contributed by atoms with Crippen molar-refractivity contribution in [3.8, 4) is 5.75 Å². The van der Waals surface area contributed by atoms with Crippen molar-refractivity contribution >= 4 is 9.84 Å². The minimum absolute atomic E-state index is 0.409. The van der Waals surface area contributed by atoms with E-state index in [1.807, 2.05) is 31.2 Å². The summed E-state index contributed by atoms with van der Waals surface area (Å²) < 4.78 is 28.0. The van der Waals surface area contributed by atoms with E-state index in [-0.39, 0.29) is 0 Å². The highest BCUT2D eigenvalue weighted by atomic mass is 32.2. The molecule has 19 heavy (non-hydrogen) atoms. The second-order valence-corrected chi connectivity index (χ2v) is 7.83. The second kappa shape index (κ2) is 6.39. The molecule has 5 heteroatoms. The molecule has 4 nitrogen and oxygen atoms in total. The highest BCUT2D eigenvalue weighted by Crippen LogP contribution is 2.18. The Hall–Kier alpha value is -1.07. The number of ether oxygens (including phenoxy) is 1. The smallest absolute Gasteiger partial charge is 0.153 e. The molecule has 0 aliphatic heterocycles. The van der Waals surface area contributed by atoms with Gasteiger partial charge in [0.15, 0.2) is 9.84 Å². The molecule has 0 heterocycles. The van der Waals surface area contributed by atoms with Crippen molar-refractivity contribution in [2.75, 3.05) is 19.4 Å². The largest absolute Gasteiger partial charge is 0.494 e. The van der Waals surface area contributed by atoms with Gasteiger partial charge in [0.1, 0.15) is 5.75 Å². The van der Waals surface area contributed by atoms with Crippen molar-refractivity contribution in [3.05, 3.63) is 29.8 Å². The first-order valence-corrected chi connectivity index (χ1v) is 8.28. The van der Waals surface area contributed by atoms with E-state index in [9.17, 15) is 8.42 Å². The Morgan fingerprint density at radius 3 is 2.47 bits per heavy atom. The van der Waals surface area contributed by atoms with E-state index in [2.05, 4.69) is 5.32 Å². The minimum Gasteiger partial charge on any atom is -0.494 e. The van der Waals surface area contributed by atoms with Gasteiger partial charge in [0.2, 0.25) is 0 Å². The van der Waals surface area contributed by atoms with E-state index in [4.69, 9.17) is 4.74 Å². The maximum absolute atomic E-state index is 11.6. The van der Waals surface area contributed by atoms with Crippen LogP contribution in [0.15, 0.2) is 24.3 Å². The third-order valence-corrected chi connectivity index (χ3v) is 5.29. The molecule has 1 rings (SSSR count). The maximum Gasteiger partial charge on any atom is 0.153 e. The molecule has 0 saturated carbocycles. The fraction of sp³-hybridized carbons (Fsp3) is 0.571. The molecule has 1 N–H and O–H groups in total. The van der Waals surface area contributed by atoms with E-state index in [1.165, 1.54) is 6.26 Å². The van der Waals surface area contributed by atoms with Crippen LogP contribution in [0.4, 0.5) is 0 Å². The second-order valence-electron chi connectivity index (χ2n) is 5.18. The summed E-state index contributed by atoms with van der Waals surface area (Å²) in [6.07, 6.45) is 1.27. The van der Waals surface area contributed by atoms with Gasteiger partial charge < -0.3 is 10.1 Å². The van der Waals surface area contributed by atoms with Crippen LogP contribution in [-0.2, 0) is 16.4 Å². The van der Waals surface area contributed by atoms with Crippen LogP contribution in [0, 0.1) is 0 Å². The van der Waals surface area contributed by atoms with Gasteiger partial charge in [0.05, 0.1) is 11.4 Å². The number of benzene rings is 1. The first kappa shape index (κ1) is 16.0. The molecular weight excluding hydrogens is 262 g/mol. The Kier molecular flexibility index (Phi) is 5.38. The summed E-state index contributed by atoms with van der Waals surface area (Å²) in [6, 6.07) is 7.77. The van der Waals surface area contributed by atoms with Crippen LogP contribution in [-0.4, -0.2) is 32.6 Å². The summed E-state index contributed by atoms with van der Waals surface area (Å²) in [5.74, 6) is 0.842. The van der Waals surface area contributed by atoms with Crippen LogP contribution in [0.1, 0.15) is 26.3 Å². The van der Waals surface area contributed by atoms with Gasteiger partial charge in [-0.3, -0.25) is 0 Å². The standard InChI is InChI=1S/C14H23NO3S/c1-5-18-13-9-7-6-8-12(13)10-15-11-14(2,3)19(4,16)17/h6-9,15H,5,10-11H2,1-4H3. The molecule has 1 aromatic carbocycles. The third-order valence-electron chi connectivity index (χ3n) is 3.14. The van der Waals surface area contributed by atoms with Gasteiger partial charge in [-0.05, 0) is 26.8 Å². The monoisotopic (exact) mass is 285 g/mol. The lowest BCUT2D eigenvalue weighted by Crippen LogP contribution is -2.41. The van der Waals surface area contributed by atoms with Crippen molar-refractivity contribution in [2.24, 2.45) is 0 Å². The number of hydrogen-bond donors (Lipinski definition) is 1. The van der Waals surface area contributed by atoms with Crippen LogP contribution in [0.2, 0.25) is 0 Å². The molecule has 108 valence electrons. The van der Waals surface area contributed by atoms with E-state index in [1.54, 1.807) is 13.8 Å². The molecule has 0 amide bonds. The molecule has 0 saturated heterocycles. The van der Waals surface area contributed by atoms with Crippen LogP contribution >= 0.6 is 0 Å². The number of hydrogen-bond acceptors (Lipinski definition) is 4. The Morgan fingerprint density at radius 1 is 1.26 bits per heavy atom. The normalized spacial score (nSPS) is 12.4. The van der Waals surface area contributed by atoms with Crippen molar-refractivity contribution < 1.29 is 13.2 Å². The highest BCUT2D eigenvalue weighted by Gasteiger charge is 2.29.